The van der Waals surface area contributed by atoms with Gasteiger partial charge in [-0.25, -0.2) is 0 Å². The first-order chi connectivity index (χ1) is 16.9. The van der Waals surface area contributed by atoms with Crippen LogP contribution in [0.25, 0.3) is 0 Å². The molecule has 2 amide bonds. The number of piperidine rings is 2. The van der Waals surface area contributed by atoms with Crippen LogP contribution in [-0.4, -0.2) is 61.5 Å². The van der Waals surface area contributed by atoms with Gasteiger partial charge in [-0.1, -0.05) is 17.7 Å². The Kier molecular flexibility index (Phi) is 8.22. The lowest BCUT2D eigenvalue weighted by molar-refractivity contribution is -0.136. The Hall–Kier alpha value is -2.73. The highest BCUT2D eigenvalue weighted by molar-refractivity contribution is 6.31. The third kappa shape index (κ3) is 6.29. The summed E-state index contributed by atoms with van der Waals surface area (Å²) in [4.78, 5) is 30.6. The van der Waals surface area contributed by atoms with Gasteiger partial charge in [0.05, 0.1) is 13.7 Å². The molecule has 35 heavy (non-hydrogen) atoms. The number of rotatable bonds is 7. The number of benzene rings is 2. The van der Waals surface area contributed by atoms with Crippen molar-refractivity contribution in [3.05, 3.63) is 58.6 Å². The van der Waals surface area contributed by atoms with Crippen LogP contribution in [0.2, 0.25) is 5.02 Å². The number of ether oxygens (including phenoxy) is 2. The number of nitrogens with zero attached hydrogens (tertiary/aromatic N) is 2. The second-order valence-corrected chi connectivity index (χ2v) is 10.3. The molecular formula is C28H35ClN2O4. The summed E-state index contributed by atoms with van der Waals surface area (Å²) in [5.74, 6) is 1.51. The van der Waals surface area contributed by atoms with Crippen molar-refractivity contribution >= 4 is 23.4 Å². The fraction of sp³-hybridized carbons (Fsp3) is 0.500. The molecule has 6 nitrogen and oxygen atoms in total. The topological polar surface area (TPSA) is 59.1 Å². The normalized spacial score (nSPS) is 20.4. The van der Waals surface area contributed by atoms with E-state index in [-0.39, 0.29) is 11.8 Å². The molecule has 0 bridgehead atoms. The minimum atomic E-state index is -0.450. The lowest BCUT2D eigenvalue weighted by atomic mass is 9.77. The third-order valence-corrected chi connectivity index (χ3v) is 7.60. The van der Waals surface area contributed by atoms with E-state index in [0.717, 1.165) is 50.1 Å². The van der Waals surface area contributed by atoms with Gasteiger partial charge in [-0.15, -0.1) is 0 Å². The van der Waals surface area contributed by atoms with Gasteiger partial charge in [-0.2, -0.15) is 0 Å². The molecule has 2 heterocycles. The van der Waals surface area contributed by atoms with Crippen LogP contribution in [-0.2, 0) is 4.79 Å². The van der Waals surface area contributed by atoms with Gasteiger partial charge in [0.25, 0.3) is 5.91 Å². The van der Waals surface area contributed by atoms with Gasteiger partial charge in [-0.3, -0.25) is 9.59 Å². The summed E-state index contributed by atoms with van der Waals surface area (Å²) >= 11 is 6.19. The van der Waals surface area contributed by atoms with E-state index in [1.807, 2.05) is 53.1 Å². The molecule has 0 spiro atoms. The largest absolute Gasteiger partial charge is 0.497 e. The van der Waals surface area contributed by atoms with E-state index in [2.05, 4.69) is 0 Å². The standard InChI is InChI=1S/C28H35ClN2O4/c1-21-16-24(10-11-25(21)29)35-20-28(18-26(32)30-13-4-3-5-14-30)12-7-15-31(19-28)27(33)22-8-6-9-23(17-22)34-2/h6,8-11,16-17H,3-5,7,12-15,18-20H2,1-2H3. The van der Waals surface area contributed by atoms with Crippen molar-refractivity contribution < 1.29 is 19.1 Å². The number of carbonyl (C=O) groups is 2. The summed E-state index contributed by atoms with van der Waals surface area (Å²) in [6.45, 7) is 5.09. The Morgan fingerprint density at radius 3 is 2.49 bits per heavy atom. The third-order valence-electron chi connectivity index (χ3n) is 7.17. The van der Waals surface area contributed by atoms with Crippen molar-refractivity contribution in [2.45, 2.75) is 45.4 Å². The molecule has 1 atom stereocenters. The van der Waals surface area contributed by atoms with Crippen molar-refractivity contribution in [2.24, 2.45) is 5.41 Å². The van der Waals surface area contributed by atoms with E-state index in [0.29, 0.717) is 42.5 Å². The summed E-state index contributed by atoms with van der Waals surface area (Å²) < 4.78 is 11.6. The van der Waals surface area contributed by atoms with Gasteiger partial charge in [0, 0.05) is 48.6 Å². The smallest absolute Gasteiger partial charge is 0.254 e. The van der Waals surface area contributed by atoms with E-state index in [1.165, 1.54) is 6.42 Å². The Morgan fingerprint density at radius 2 is 1.74 bits per heavy atom. The lowest BCUT2D eigenvalue weighted by Crippen LogP contribution is -2.51. The molecule has 0 N–H and O–H groups in total. The molecular weight excluding hydrogens is 464 g/mol. The van der Waals surface area contributed by atoms with E-state index >= 15 is 0 Å². The van der Waals surface area contributed by atoms with Gasteiger partial charge in [-0.05, 0) is 81.0 Å². The van der Waals surface area contributed by atoms with E-state index < -0.39 is 5.41 Å². The minimum Gasteiger partial charge on any atom is -0.497 e. The summed E-state index contributed by atoms with van der Waals surface area (Å²) in [6.07, 6.45) is 5.32. The second-order valence-electron chi connectivity index (χ2n) is 9.88. The molecule has 0 aromatic heterocycles. The predicted molar refractivity (Wildman–Crippen MR) is 137 cm³/mol. The number of carbonyl (C=O) groups excluding carboxylic acids is 2. The van der Waals surface area contributed by atoms with Crippen LogP contribution in [0.5, 0.6) is 11.5 Å². The van der Waals surface area contributed by atoms with Crippen LogP contribution >= 0.6 is 11.6 Å². The number of halogens is 1. The maximum Gasteiger partial charge on any atom is 0.254 e. The van der Waals surface area contributed by atoms with Crippen LogP contribution in [0, 0.1) is 12.3 Å². The lowest BCUT2D eigenvalue weighted by Gasteiger charge is -2.43. The highest BCUT2D eigenvalue weighted by Crippen LogP contribution is 2.36. The molecule has 2 fully saturated rings. The zero-order valence-electron chi connectivity index (χ0n) is 20.7. The maximum atomic E-state index is 13.4. The fourth-order valence-electron chi connectivity index (χ4n) is 5.15. The first-order valence-corrected chi connectivity index (χ1v) is 12.9. The van der Waals surface area contributed by atoms with E-state index in [4.69, 9.17) is 21.1 Å². The zero-order chi connectivity index (χ0) is 24.8. The van der Waals surface area contributed by atoms with Crippen LogP contribution < -0.4 is 9.47 Å². The Bertz CT molecular complexity index is 1050. The summed E-state index contributed by atoms with van der Waals surface area (Å²) in [5.41, 5.74) is 1.09. The number of methoxy groups -OCH3 is 1. The van der Waals surface area contributed by atoms with Crippen molar-refractivity contribution in [1.29, 1.82) is 0 Å². The molecule has 2 saturated heterocycles. The molecule has 0 saturated carbocycles. The molecule has 2 aromatic carbocycles. The SMILES string of the molecule is COc1cccc(C(=O)N2CCCC(COc3ccc(Cl)c(C)c3)(CC(=O)N3CCCCC3)C2)c1. The van der Waals surface area contributed by atoms with E-state index in [1.54, 1.807) is 13.2 Å². The summed E-state index contributed by atoms with van der Waals surface area (Å²) in [6, 6.07) is 12.8. The molecule has 7 heteroatoms. The van der Waals surface area contributed by atoms with E-state index in [9.17, 15) is 9.59 Å². The first kappa shape index (κ1) is 25.4. The Balaban J connectivity index is 1.54. The van der Waals surface area contributed by atoms with Crippen LogP contribution in [0.4, 0.5) is 0 Å². The molecule has 2 aromatic rings. The molecule has 188 valence electrons. The fourth-order valence-corrected chi connectivity index (χ4v) is 5.27. The van der Waals surface area contributed by atoms with Gasteiger partial charge < -0.3 is 19.3 Å². The number of amides is 2. The number of likely N-dealkylation sites (tertiary alicyclic amines) is 2. The molecule has 2 aliphatic rings. The average molecular weight is 499 g/mol. The minimum absolute atomic E-state index is 0.0410. The number of aryl methyl sites for hydroxylation is 1. The molecule has 0 aliphatic carbocycles. The zero-order valence-corrected chi connectivity index (χ0v) is 21.5. The Labute approximate surface area is 213 Å². The highest BCUT2D eigenvalue weighted by Gasteiger charge is 2.41. The van der Waals surface area contributed by atoms with Crippen LogP contribution in [0.1, 0.15) is 54.4 Å². The van der Waals surface area contributed by atoms with Gasteiger partial charge >= 0.3 is 0 Å². The highest BCUT2D eigenvalue weighted by atomic mass is 35.5. The molecule has 0 radical (unpaired) electrons. The second kappa shape index (κ2) is 11.3. The van der Waals surface area contributed by atoms with Crippen LogP contribution in [0.15, 0.2) is 42.5 Å². The summed E-state index contributed by atoms with van der Waals surface area (Å²) in [5, 5.41) is 0.695. The number of hydrogen-bond donors (Lipinski definition) is 0. The molecule has 2 aliphatic heterocycles. The predicted octanol–water partition coefficient (Wildman–Crippen LogP) is 5.36. The average Bonchev–Trinajstić information content (AvgIpc) is 2.89. The van der Waals surface area contributed by atoms with Gasteiger partial charge in [0.2, 0.25) is 5.91 Å². The maximum absolute atomic E-state index is 13.4. The van der Waals surface area contributed by atoms with Crippen molar-refractivity contribution in [3.8, 4) is 11.5 Å². The van der Waals surface area contributed by atoms with Gasteiger partial charge in [0.15, 0.2) is 0 Å². The summed E-state index contributed by atoms with van der Waals surface area (Å²) in [7, 11) is 1.59. The molecule has 4 rings (SSSR count). The quantitative estimate of drug-likeness (QED) is 0.515. The van der Waals surface area contributed by atoms with Crippen molar-refractivity contribution in [2.75, 3.05) is 39.9 Å². The van der Waals surface area contributed by atoms with Crippen molar-refractivity contribution in [3.63, 3.8) is 0 Å². The monoisotopic (exact) mass is 498 g/mol. The van der Waals surface area contributed by atoms with Crippen LogP contribution in [0.3, 0.4) is 0 Å². The van der Waals surface area contributed by atoms with Gasteiger partial charge in [0.1, 0.15) is 11.5 Å². The van der Waals surface area contributed by atoms with Crippen molar-refractivity contribution in [1.82, 2.24) is 9.80 Å². The Morgan fingerprint density at radius 1 is 0.971 bits per heavy atom. The first-order valence-electron chi connectivity index (χ1n) is 12.5. The molecule has 1 unspecified atom stereocenters. The number of hydrogen-bond acceptors (Lipinski definition) is 4.